The molecule has 0 spiro atoms. The second-order valence-corrected chi connectivity index (χ2v) is 5.15. The molecule has 1 aromatic carbocycles. The largest absolute Gasteiger partial charge is 0.308 e. The standard InChI is InChI=1S/C14H14N4S/c1-9-14(19-18-17-9)13(15-2)11-7-3-5-10-6-4-8-16-12(10)11/h3-8,13,15H,1-2H3. The van der Waals surface area contributed by atoms with E-state index in [2.05, 4.69) is 44.2 Å². The SMILES string of the molecule is CNC(c1snnc1C)c1cccc2cccnc12. The third kappa shape index (κ3) is 2.11. The highest BCUT2D eigenvalue weighted by Crippen LogP contribution is 2.30. The van der Waals surface area contributed by atoms with Crippen LogP contribution in [0.4, 0.5) is 0 Å². The van der Waals surface area contributed by atoms with Crippen molar-refractivity contribution < 1.29 is 0 Å². The average molecular weight is 270 g/mol. The Bertz CT molecular complexity index is 702. The number of hydrogen-bond donors (Lipinski definition) is 1. The van der Waals surface area contributed by atoms with Crippen LogP contribution >= 0.6 is 11.5 Å². The lowest BCUT2D eigenvalue weighted by Crippen LogP contribution is -2.18. The Hall–Kier alpha value is -1.85. The van der Waals surface area contributed by atoms with Crippen molar-refractivity contribution in [2.75, 3.05) is 7.05 Å². The molecule has 0 saturated heterocycles. The summed E-state index contributed by atoms with van der Waals surface area (Å²) in [7, 11) is 1.95. The summed E-state index contributed by atoms with van der Waals surface area (Å²) in [4.78, 5) is 5.65. The smallest absolute Gasteiger partial charge is 0.0776 e. The van der Waals surface area contributed by atoms with Crippen LogP contribution in [0.3, 0.4) is 0 Å². The monoisotopic (exact) mass is 270 g/mol. The van der Waals surface area contributed by atoms with Crippen molar-refractivity contribution in [1.82, 2.24) is 19.9 Å². The van der Waals surface area contributed by atoms with Crippen molar-refractivity contribution >= 4 is 22.4 Å². The third-order valence-corrected chi connectivity index (χ3v) is 4.10. The van der Waals surface area contributed by atoms with Gasteiger partial charge in [-0.3, -0.25) is 4.98 Å². The van der Waals surface area contributed by atoms with Gasteiger partial charge in [0, 0.05) is 17.1 Å². The van der Waals surface area contributed by atoms with Crippen LogP contribution in [-0.2, 0) is 0 Å². The number of aryl methyl sites for hydroxylation is 1. The summed E-state index contributed by atoms with van der Waals surface area (Å²) < 4.78 is 4.03. The molecule has 0 aliphatic rings. The Morgan fingerprint density at radius 3 is 2.79 bits per heavy atom. The first-order valence-corrected chi connectivity index (χ1v) is 6.88. The second-order valence-electron chi connectivity index (χ2n) is 4.37. The van der Waals surface area contributed by atoms with Gasteiger partial charge in [-0.05, 0) is 31.6 Å². The first kappa shape index (κ1) is 12.2. The third-order valence-electron chi connectivity index (χ3n) is 3.21. The van der Waals surface area contributed by atoms with E-state index in [-0.39, 0.29) is 6.04 Å². The molecule has 19 heavy (non-hydrogen) atoms. The number of hydrogen-bond acceptors (Lipinski definition) is 5. The predicted molar refractivity (Wildman–Crippen MR) is 77.3 cm³/mol. The van der Waals surface area contributed by atoms with Crippen molar-refractivity contribution in [3.8, 4) is 0 Å². The molecule has 2 heterocycles. The maximum atomic E-state index is 4.51. The molecular weight excluding hydrogens is 256 g/mol. The molecule has 0 bridgehead atoms. The Labute approximate surface area is 115 Å². The molecule has 5 heteroatoms. The van der Waals surface area contributed by atoms with E-state index in [9.17, 15) is 0 Å². The van der Waals surface area contributed by atoms with Gasteiger partial charge in [-0.1, -0.05) is 28.8 Å². The Balaban J connectivity index is 2.20. The fraction of sp³-hybridized carbons (Fsp3) is 0.214. The van der Waals surface area contributed by atoms with Gasteiger partial charge >= 0.3 is 0 Å². The van der Waals surface area contributed by atoms with Crippen molar-refractivity contribution in [2.45, 2.75) is 13.0 Å². The number of pyridine rings is 1. The summed E-state index contributed by atoms with van der Waals surface area (Å²) >= 11 is 1.43. The molecule has 3 aromatic rings. The molecule has 96 valence electrons. The van der Waals surface area contributed by atoms with Gasteiger partial charge in [0.25, 0.3) is 0 Å². The number of aromatic nitrogens is 3. The number of para-hydroxylation sites is 1. The number of benzene rings is 1. The molecule has 0 fully saturated rings. The van der Waals surface area contributed by atoms with Crippen LogP contribution in [0.15, 0.2) is 36.5 Å². The highest BCUT2D eigenvalue weighted by Gasteiger charge is 2.19. The minimum atomic E-state index is 0.0820. The van der Waals surface area contributed by atoms with Crippen LogP contribution in [0, 0.1) is 6.92 Å². The lowest BCUT2D eigenvalue weighted by Gasteiger charge is -2.16. The van der Waals surface area contributed by atoms with Gasteiger partial charge in [-0.25, -0.2) is 0 Å². The molecule has 0 radical (unpaired) electrons. The van der Waals surface area contributed by atoms with Gasteiger partial charge in [0.2, 0.25) is 0 Å². The summed E-state index contributed by atoms with van der Waals surface area (Å²) in [6.07, 6.45) is 1.83. The number of rotatable bonds is 3. The molecule has 2 aromatic heterocycles. The fourth-order valence-corrected chi connectivity index (χ4v) is 3.07. The minimum Gasteiger partial charge on any atom is -0.308 e. The summed E-state index contributed by atoms with van der Waals surface area (Å²) in [6.45, 7) is 1.99. The zero-order valence-electron chi connectivity index (χ0n) is 10.8. The number of fused-ring (bicyclic) bond motifs is 1. The normalized spacial score (nSPS) is 12.7. The maximum Gasteiger partial charge on any atom is 0.0776 e. The molecule has 1 unspecified atom stereocenters. The van der Waals surface area contributed by atoms with E-state index in [1.807, 2.05) is 26.2 Å². The van der Waals surface area contributed by atoms with Crippen molar-refractivity contribution in [2.24, 2.45) is 0 Å². The van der Waals surface area contributed by atoms with E-state index in [0.29, 0.717) is 0 Å². The van der Waals surface area contributed by atoms with Crippen LogP contribution in [0.1, 0.15) is 22.2 Å². The summed E-state index contributed by atoms with van der Waals surface area (Å²) in [5, 5.41) is 8.59. The Morgan fingerprint density at radius 2 is 2.05 bits per heavy atom. The molecule has 3 rings (SSSR count). The number of nitrogens with zero attached hydrogens (tertiary/aromatic N) is 3. The van der Waals surface area contributed by atoms with E-state index >= 15 is 0 Å². The van der Waals surface area contributed by atoms with Gasteiger partial charge in [-0.15, -0.1) is 5.10 Å². The second kappa shape index (κ2) is 5.03. The molecule has 0 aliphatic carbocycles. The zero-order chi connectivity index (χ0) is 13.2. The van der Waals surface area contributed by atoms with Crippen LogP contribution in [0.2, 0.25) is 0 Å². The van der Waals surface area contributed by atoms with Crippen molar-refractivity contribution in [3.63, 3.8) is 0 Å². The molecule has 0 amide bonds. The lowest BCUT2D eigenvalue weighted by molar-refractivity contribution is 0.701. The first-order chi connectivity index (χ1) is 9.31. The van der Waals surface area contributed by atoms with Gasteiger partial charge in [-0.2, -0.15) is 0 Å². The highest BCUT2D eigenvalue weighted by molar-refractivity contribution is 7.05. The van der Waals surface area contributed by atoms with E-state index in [0.717, 1.165) is 27.0 Å². The predicted octanol–water partition coefficient (Wildman–Crippen LogP) is 2.70. The van der Waals surface area contributed by atoms with Gasteiger partial charge in [0.1, 0.15) is 0 Å². The summed E-state index contributed by atoms with van der Waals surface area (Å²) in [5.74, 6) is 0. The maximum absolute atomic E-state index is 4.51. The van der Waals surface area contributed by atoms with Crippen LogP contribution in [0.5, 0.6) is 0 Å². The van der Waals surface area contributed by atoms with Crippen molar-refractivity contribution in [3.05, 3.63) is 52.7 Å². The number of nitrogens with one attached hydrogen (secondary N) is 1. The molecule has 0 saturated carbocycles. The van der Waals surface area contributed by atoms with E-state index in [4.69, 9.17) is 0 Å². The molecular formula is C14H14N4S. The topological polar surface area (TPSA) is 50.7 Å². The molecule has 1 N–H and O–H groups in total. The Morgan fingerprint density at radius 1 is 1.21 bits per heavy atom. The lowest BCUT2D eigenvalue weighted by atomic mass is 10.0. The Kier molecular flexibility index (Phi) is 3.23. The van der Waals surface area contributed by atoms with Crippen LogP contribution in [-0.4, -0.2) is 21.6 Å². The average Bonchev–Trinajstić information content (AvgIpc) is 2.86. The van der Waals surface area contributed by atoms with Crippen LogP contribution < -0.4 is 5.32 Å². The van der Waals surface area contributed by atoms with Gasteiger partial charge < -0.3 is 5.32 Å². The molecule has 0 aliphatic heterocycles. The van der Waals surface area contributed by atoms with Crippen LogP contribution in [0.25, 0.3) is 10.9 Å². The zero-order valence-corrected chi connectivity index (χ0v) is 11.6. The quantitative estimate of drug-likeness (QED) is 0.795. The first-order valence-electron chi connectivity index (χ1n) is 6.11. The molecule has 1 atom stereocenters. The molecule has 4 nitrogen and oxygen atoms in total. The summed E-state index contributed by atoms with van der Waals surface area (Å²) in [6, 6.07) is 10.4. The van der Waals surface area contributed by atoms with E-state index < -0.39 is 0 Å². The van der Waals surface area contributed by atoms with E-state index in [1.165, 1.54) is 11.5 Å². The fourth-order valence-electron chi connectivity index (χ4n) is 2.29. The van der Waals surface area contributed by atoms with E-state index in [1.54, 1.807) is 0 Å². The summed E-state index contributed by atoms with van der Waals surface area (Å²) in [5.41, 5.74) is 3.16. The van der Waals surface area contributed by atoms with Gasteiger partial charge in [0.05, 0.1) is 22.1 Å². The van der Waals surface area contributed by atoms with Gasteiger partial charge in [0.15, 0.2) is 0 Å². The van der Waals surface area contributed by atoms with Crippen molar-refractivity contribution in [1.29, 1.82) is 0 Å². The minimum absolute atomic E-state index is 0.0820. The highest BCUT2D eigenvalue weighted by atomic mass is 32.1.